The van der Waals surface area contributed by atoms with E-state index in [4.69, 9.17) is 0 Å². The van der Waals surface area contributed by atoms with Gasteiger partial charge >= 0.3 is 0 Å². The Hall–Kier alpha value is -0.610. The van der Waals surface area contributed by atoms with Crippen molar-refractivity contribution in [3.8, 4) is 0 Å². The van der Waals surface area contributed by atoms with Gasteiger partial charge in [-0.25, -0.2) is 4.98 Å². The van der Waals surface area contributed by atoms with Crippen LogP contribution in [0.1, 0.15) is 49.1 Å². The maximum atomic E-state index is 4.51. The van der Waals surface area contributed by atoms with Gasteiger partial charge in [0.15, 0.2) is 5.13 Å². The van der Waals surface area contributed by atoms with Crippen molar-refractivity contribution in [2.24, 2.45) is 0 Å². The van der Waals surface area contributed by atoms with Crippen LogP contribution in [0.4, 0.5) is 5.13 Å². The van der Waals surface area contributed by atoms with E-state index in [-0.39, 0.29) is 0 Å². The number of hydrogen-bond acceptors (Lipinski definition) is 4. The minimum Gasteiger partial charge on any atom is -0.361 e. The molecule has 0 aliphatic heterocycles. The van der Waals surface area contributed by atoms with Crippen molar-refractivity contribution in [1.82, 2.24) is 9.88 Å². The van der Waals surface area contributed by atoms with Gasteiger partial charge in [-0.2, -0.15) is 0 Å². The van der Waals surface area contributed by atoms with Crippen LogP contribution < -0.4 is 5.32 Å². The molecule has 0 spiro atoms. The van der Waals surface area contributed by atoms with Crippen molar-refractivity contribution in [3.05, 3.63) is 10.6 Å². The molecule has 19 heavy (non-hydrogen) atoms. The van der Waals surface area contributed by atoms with E-state index < -0.39 is 0 Å². The fourth-order valence-corrected chi connectivity index (χ4v) is 3.62. The van der Waals surface area contributed by atoms with E-state index in [0.29, 0.717) is 0 Å². The van der Waals surface area contributed by atoms with Gasteiger partial charge < -0.3 is 10.2 Å². The van der Waals surface area contributed by atoms with E-state index in [1.165, 1.54) is 49.9 Å². The summed E-state index contributed by atoms with van der Waals surface area (Å²) in [5, 5.41) is 4.52. The van der Waals surface area contributed by atoms with Gasteiger partial charge in [0.2, 0.25) is 0 Å². The van der Waals surface area contributed by atoms with E-state index in [9.17, 15) is 0 Å². The lowest BCUT2D eigenvalue weighted by molar-refractivity contribution is 0.191. The highest BCUT2D eigenvalue weighted by Gasteiger charge is 2.17. The second kappa shape index (κ2) is 7.25. The van der Waals surface area contributed by atoms with Crippen LogP contribution in [0.5, 0.6) is 0 Å². The van der Waals surface area contributed by atoms with Gasteiger partial charge in [0.1, 0.15) is 0 Å². The molecule has 1 aliphatic carbocycles. The highest BCUT2D eigenvalue weighted by Crippen LogP contribution is 2.22. The highest BCUT2D eigenvalue weighted by molar-refractivity contribution is 7.15. The predicted octanol–water partition coefficient (Wildman–Crippen LogP) is 3.83. The minimum atomic E-state index is 0.832. The van der Waals surface area contributed by atoms with E-state index in [1.54, 1.807) is 11.3 Å². The molecule has 0 atom stereocenters. The molecule has 0 saturated heterocycles. The molecule has 1 aliphatic rings. The molecule has 3 nitrogen and oxygen atoms in total. The quantitative estimate of drug-likeness (QED) is 0.803. The number of aryl methyl sites for hydroxylation is 2. The zero-order valence-electron chi connectivity index (χ0n) is 12.5. The third-order valence-electron chi connectivity index (χ3n) is 4.19. The molecule has 108 valence electrons. The molecule has 1 fully saturated rings. The van der Waals surface area contributed by atoms with E-state index in [1.807, 2.05) is 0 Å². The molecule has 0 unspecified atom stereocenters. The minimum absolute atomic E-state index is 0.832. The molecular formula is C15H27N3S. The zero-order chi connectivity index (χ0) is 13.7. The Morgan fingerprint density at radius 2 is 2.00 bits per heavy atom. The predicted molar refractivity (Wildman–Crippen MR) is 84.2 cm³/mol. The summed E-state index contributed by atoms with van der Waals surface area (Å²) in [7, 11) is 2.29. The fraction of sp³-hybridized carbons (Fsp3) is 0.800. The van der Waals surface area contributed by atoms with Gasteiger partial charge in [0.05, 0.1) is 5.69 Å². The number of nitrogens with zero attached hydrogens (tertiary/aromatic N) is 2. The van der Waals surface area contributed by atoms with Crippen LogP contribution in [-0.4, -0.2) is 36.1 Å². The molecule has 0 amide bonds. The van der Waals surface area contributed by atoms with Crippen molar-refractivity contribution < 1.29 is 0 Å². The number of anilines is 1. The van der Waals surface area contributed by atoms with E-state index in [0.717, 1.165) is 23.4 Å². The van der Waals surface area contributed by atoms with Crippen LogP contribution in [0, 0.1) is 13.8 Å². The molecule has 4 heteroatoms. The molecule has 1 saturated carbocycles. The standard InChI is InChI=1S/C15H27N3S/c1-12-13(2)19-15(17-12)16-10-7-11-18(3)14-8-5-4-6-9-14/h14H,4-11H2,1-3H3,(H,16,17). The van der Waals surface area contributed by atoms with Crippen LogP contribution in [0.25, 0.3) is 0 Å². The van der Waals surface area contributed by atoms with Crippen LogP contribution in [0.2, 0.25) is 0 Å². The summed E-state index contributed by atoms with van der Waals surface area (Å²) >= 11 is 1.77. The summed E-state index contributed by atoms with van der Waals surface area (Å²) in [6, 6.07) is 0.832. The number of rotatable bonds is 6. The average Bonchev–Trinajstić information content (AvgIpc) is 2.74. The highest BCUT2D eigenvalue weighted by atomic mass is 32.1. The second-order valence-electron chi connectivity index (χ2n) is 5.71. The van der Waals surface area contributed by atoms with Crippen molar-refractivity contribution in [1.29, 1.82) is 0 Å². The summed E-state index contributed by atoms with van der Waals surface area (Å²) in [6.07, 6.45) is 8.28. The number of nitrogens with one attached hydrogen (secondary N) is 1. The maximum absolute atomic E-state index is 4.51. The lowest BCUT2D eigenvalue weighted by atomic mass is 9.94. The Kier molecular flexibility index (Phi) is 5.64. The number of thiazole rings is 1. The normalized spacial score (nSPS) is 17.1. The first kappa shape index (κ1) is 14.8. The molecule has 0 radical (unpaired) electrons. The summed E-state index contributed by atoms with van der Waals surface area (Å²) in [5.41, 5.74) is 1.16. The zero-order valence-corrected chi connectivity index (χ0v) is 13.4. The average molecular weight is 281 g/mol. The van der Waals surface area contributed by atoms with Gasteiger partial charge in [-0.05, 0) is 46.7 Å². The summed E-state index contributed by atoms with van der Waals surface area (Å²) in [5.74, 6) is 0. The topological polar surface area (TPSA) is 28.2 Å². The third-order valence-corrected chi connectivity index (χ3v) is 5.22. The lowest BCUT2D eigenvalue weighted by Crippen LogP contribution is -2.34. The fourth-order valence-electron chi connectivity index (χ4n) is 2.78. The van der Waals surface area contributed by atoms with Crippen LogP contribution in [0.3, 0.4) is 0 Å². The second-order valence-corrected chi connectivity index (χ2v) is 6.92. The Bertz CT molecular complexity index is 363. The summed E-state index contributed by atoms with van der Waals surface area (Å²) in [6.45, 7) is 6.44. The first-order valence-corrected chi connectivity index (χ1v) is 8.36. The number of aromatic nitrogens is 1. The summed E-state index contributed by atoms with van der Waals surface area (Å²) < 4.78 is 0. The van der Waals surface area contributed by atoms with Crippen LogP contribution >= 0.6 is 11.3 Å². The Morgan fingerprint density at radius 3 is 2.63 bits per heavy atom. The first-order chi connectivity index (χ1) is 9.16. The van der Waals surface area contributed by atoms with E-state index in [2.05, 4.69) is 36.1 Å². The molecule has 0 aromatic carbocycles. The molecule has 1 aromatic heterocycles. The van der Waals surface area contributed by atoms with Gasteiger partial charge in [0, 0.05) is 17.5 Å². The SMILES string of the molecule is Cc1nc(NCCCN(C)C2CCCCC2)sc1C. The van der Waals surface area contributed by atoms with Crippen molar-refractivity contribution >= 4 is 16.5 Å². The van der Waals surface area contributed by atoms with Gasteiger partial charge in [0.25, 0.3) is 0 Å². The third kappa shape index (κ3) is 4.46. The number of hydrogen-bond donors (Lipinski definition) is 1. The monoisotopic (exact) mass is 281 g/mol. The molecule has 0 bridgehead atoms. The van der Waals surface area contributed by atoms with Gasteiger partial charge in [-0.3, -0.25) is 0 Å². The Labute approximate surface area is 121 Å². The van der Waals surface area contributed by atoms with E-state index >= 15 is 0 Å². The van der Waals surface area contributed by atoms with Crippen molar-refractivity contribution in [2.45, 2.75) is 58.4 Å². The van der Waals surface area contributed by atoms with Crippen LogP contribution in [0.15, 0.2) is 0 Å². The van der Waals surface area contributed by atoms with Crippen molar-refractivity contribution in [2.75, 3.05) is 25.5 Å². The Morgan fingerprint density at radius 1 is 1.26 bits per heavy atom. The molecule has 1 N–H and O–H groups in total. The largest absolute Gasteiger partial charge is 0.361 e. The first-order valence-electron chi connectivity index (χ1n) is 7.55. The molecule has 2 rings (SSSR count). The molecular weight excluding hydrogens is 254 g/mol. The molecule has 1 heterocycles. The summed E-state index contributed by atoms with van der Waals surface area (Å²) in [4.78, 5) is 8.39. The lowest BCUT2D eigenvalue weighted by Gasteiger charge is -2.31. The maximum Gasteiger partial charge on any atom is 0.183 e. The smallest absolute Gasteiger partial charge is 0.183 e. The van der Waals surface area contributed by atoms with Gasteiger partial charge in [-0.15, -0.1) is 11.3 Å². The Balaban J connectivity index is 1.63. The molecule has 1 aromatic rings. The van der Waals surface area contributed by atoms with Crippen molar-refractivity contribution in [3.63, 3.8) is 0 Å². The van der Waals surface area contributed by atoms with Crippen LogP contribution in [-0.2, 0) is 0 Å². The van der Waals surface area contributed by atoms with Gasteiger partial charge in [-0.1, -0.05) is 19.3 Å².